The Labute approximate surface area is 540 Å². The van der Waals surface area contributed by atoms with E-state index in [1.54, 1.807) is 58.9 Å². The standard InChI is InChI=1S/C61H84Br2ClFN8O16/c1-32(2)51(68-40(31-74)17-13-16-34(4)86-57(80)38(29-62)30-63)54(77)70-43(18-14-22-67-58(66)81)53(76)69-39-20-21-41(42(65)26-39)55(78)72(8)36(6)56(79)88-48-27-49(75)73(9)44-24-37(25-45(84-10)50(44)64)23-33(3)15-12-19-47(85-11)61(83)28-46(87-59(82)71-61)35(5)52-60(48,7)89-52/h12,15,19-21,24-26,31-32,34-36,38,40,43,46-48,51-52,68,83H,13-14,16-18,22-23,27-30H2,1-11H3,(H,69,76)(H,70,77)(H,71,82)(H3,66,67,81)/b19-12+,33-15+/t34?,35-,36+,40?,43+,46+,47-,48+,51+,52+,60+,61+/m1/s1. The number of esters is 2. The van der Waals surface area contributed by atoms with Gasteiger partial charge in [0.15, 0.2) is 5.72 Å². The van der Waals surface area contributed by atoms with E-state index in [0.29, 0.717) is 42.6 Å². The number of carbonyl (C=O) groups excluding carboxylic acids is 9. The summed E-state index contributed by atoms with van der Waals surface area (Å²) in [6.07, 6.45) is 1.25. The quantitative estimate of drug-likeness (QED) is 0.0131. The van der Waals surface area contributed by atoms with Gasteiger partial charge in [-0.15, -0.1) is 0 Å². The molecule has 7 amide bonds. The van der Waals surface area contributed by atoms with Gasteiger partial charge in [-0.1, -0.05) is 88.0 Å². The highest BCUT2D eigenvalue weighted by Crippen LogP contribution is 2.49. The number of hydrogen-bond donors (Lipinski definition) is 7. The van der Waals surface area contributed by atoms with Gasteiger partial charge < -0.3 is 69.8 Å². The molecule has 2 aromatic carbocycles. The minimum atomic E-state index is -1.94. The number of ether oxygens (including phenoxy) is 6. The topological polar surface area (TPSA) is 325 Å². The van der Waals surface area contributed by atoms with Crippen molar-refractivity contribution in [3.05, 3.63) is 76.1 Å². The third kappa shape index (κ3) is 19.6. The van der Waals surface area contributed by atoms with E-state index in [0.717, 1.165) is 28.2 Å². The Bertz CT molecular complexity index is 2960. The third-order valence-corrected chi connectivity index (χ3v) is 18.1. The SMILES string of the molecule is COc1cc2cc(c1Cl)N(C)C(=O)C[C@H](OC(=O)[C@H](C)N(C)C(=O)c1ccc(NC(=O)[C@H](CCCNC(N)=O)NC(=O)[C@@H](NC(C=O)CCCC(C)OC(=O)C(CBr)CBr)C(C)C)cc1F)[C@]1(C)O[C@H]1[C@H](C)[C@@H]1C[C@@](O)(NC(=O)O1)[C@H](OC)/C=C/C=C(\C)C2. The van der Waals surface area contributed by atoms with Crippen LogP contribution in [0.25, 0.3) is 0 Å². The maximum Gasteiger partial charge on any atom is 0.409 e. The number of carbonyl (C=O) groups is 9. The lowest BCUT2D eigenvalue weighted by Crippen LogP contribution is -2.63. The zero-order valence-electron chi connectivity index (χ0n) is 52.0. The first-order valence-corrected chi connectivity index (χ1v) is 31.9. The number of aldehydes is 1. The highest BCUT2D eigenvalue weighted by Gasteiger charge is 2.64. The van der Waals surface area contributed by atoms with E-state index < -0.39 is 131 Å². The molecule has 28 heteroatoms. The van der Waals surface area contributed by atoms with Gasteiger partial charge in [-0.25, -0.2) is 18.8 Å². The van der Waals surface area contributed by atoms with Gasteiger partial charge in [0.1, 0.15) is 58.9 Å². The summed E-state index contributed by atoms with van der Waals surface area (Å²) in [6.45, 7) is 11.8. The molecule has 2 unspecified atom stereocenters. The smallest absolute Gasteiger partial charge is 0.409 e. The molecule has 0 aliphatic carbocycles. The number of benzene rings is 2. The van der Waals surface area contributed by atoms with E-state index in [1.807, 2.05) is 13.0 Å². The summed E-state index contributed by atoms with van der Waals surface area (Å²) in [6, 6.07) is 1.41. The number of anilines is 2. The first-order valence-electron chi connectivity index (χ1n) is 29.3. The number of alkyl halides is 2. The number of nitrogens with one attached hydrogen (secondary N) is 5. The third-order valence-electron chi connectivity index (χ3n) is 16.2. The van der Waals surface area contributed by atoms with E-state index in [1.165, 1.54) is 46.2 Å². The zero-order chi connectivity index (χ0) is 66.2. The molecule has 3 heterocycles. The van der Waals surface area contributed by atoms with Crippen LogP contribution in [0.15, 0.2) is 54.1 Å². The lowest BCUT2D eigenvalue weighted by Gasteiger charge is -2.42. The molecule has 2 saturated heterocycles. The molecule has 0 saturated carbocycles. The second kappa shape index (κ2) is 33.2. The van der Waals surface area contributed by atoms with Crippen molar-refractivity contribution in [1.29, 1.82) is 0 Å². The number of likely N-dealkylation sites (N-methyl/N-ethyl adjacent to an activating group) is 1. The Morgan fingerprint density at radius 2 is 1.72 bits per heavy atom. The number of hydrogen-bond acceptors (Lipinski definition) is 17. The lowest BCUT2D eigenvalue weighted by atomic mass is 9.83. The number of primary amides is 1. The van der Waals surface area contributed by atoms with Crippen LogP contribution in [0.2, 0.25) is 5.02 Å². The monoisotopic (exact) mass is 1400 g/mol. The molecule has 3 aliphatic rings. The van der Waals surface area contributed by atoms with Crippen molar-refractivity contribution in [2.75, 3.05) is 55.7 Å². The number of alkyl carbamates (subject to hydrolysis) is 1. The van der Waals surface area contributed by atoms with Crippen molar-refractivity contribution in [3.8, 4) is 5.75 Å². The Balaban J connectivity index is 1.34. The maximum atomic E-state index is 16.2. The number of nitrogens with two attached hydrogens (primary N) is 1. The van der Waals surface area contributed by atoms with Crippen LogP contribution in [0.3, 0.4) is 0 Å². The van der Waals surface area contributed by atoms with Crippen molar-refractivity contribution < 1.29 is 81.1 Å². The first-order chi connectivity index (χ1) is 41.9. The highest BCUT2D eigenvalue weighted by atomic mass is 79.9. The molecule has 0 radical (unpaired) electrons. The average Bonchev–Trinajstić information content (AvgIpc) is 1.69. The van der Waals surface area contributed by atoms with Gasteiger partial charge >= 0.3 is 24.1 Å². The fraction of sp³-hybridized carbons (Fsp3) is 0.590. The molecule has 2 aromatic rings. The summed E-state index contributed by atoms with van der Waals surface area (Å²) in [5, 5.41) is 26.2. The van der Waals surface area contributed by atoms with Crippen LogP contribution in [-0.4, -0.2) is 176 Å². The summed E-state index contributed by atoms with van der Waals surface area (Å²) >= 11 is 13.4. The molecule has 0 spiro atoms. The Kier molecular flexibility index (Phi) is 27.4. The molecule has 2 fully saturated rings. The van der Waals surface area contributed by atoms with Crippen molar-refractivity contribution >= 4 is 109 Å². The van der Waals surface area contributed by atoms with Crippen LogP contribution in [0.4, 0.5) is 25.4 Å². The van der Waals surface area contributed by atoms with Crippen molar-refractivity contribution in [3.63, 3.8) is 0 Å². The number of urea groups is 1. The van der Waals surface area contributed by atoms with Crippen LogP contribution in [0, 0.1) is 23.6 Å². The van der Waals surface area contributed by atoms with Gasteiger partial charge in [0.25, 0.3) is 5.91 Å². The van der Waals surface area contributed by atoms with E-state index in [2.05, 4.69) is 58.4 Å². The summed E-state index contributed by atoms with van der Waals surface area (Å²) in [7, 11) is 5.56. The van der Waals surface area contributed by atoms with Crippen LogP contribution in [0.5, 0.6) is 5.75 Å². The number of amides is 7. The van der Waals surface area contributed by atoms with Crippen LogP contribution >= 0.6 is 43.5 Å². The molecule has 0 aromatic heterocycles. The molecule has 12 atom stereocenters. The normalized spacial score (nSPS) is 24.6. The van der Waals surface area contributed by atoms with Crippen LogP contribution < -0.4 is 42.0 Å². The predicted octanol–water partition coefficient (Wildman–Crippen LogP) is 6.53. The summed E-state index contributed by atoms with van der Waals surface area (Å²) in [5.41, 5.74) is 3.11. The zero-order valence-corrected chi connectivity index (χ0v) is 55.9. The Morgan fingerprint density at radius 1 is 1.02 bits per heavy atom. The molecular formula is C61H84Br2ClFN8O16. The van der Waals surface area contributed by atoms with Gasteiger partial charge in [0, 0.05) is 56.4 Å². The van der Waals surface area contributed by atoms with Crippen LogP contribution in [-0.2, 0) is 58.9 Å². The van der Waals surface area contributed by atoms with Gasteiger partial charge in [0.2, 0.25) is 17.7 Å². The van der Waals surface area contributed by atoms with Crippen molar-refractivity contribution in [1.82, 2.24) is 26.2 Å². The maximum absolute atomic E-state index is 16.2. The number of fused-ring (bicyclic) bond motifs is 5. The number of halogens is 4. The van der Waals surface area contributed by atoms with Gasteiger partial charge in [0.05, 0.1) is 55.0 Å². The Hall–Kier alpha value is -6.23. The molecule has 89 heavy (non-hydrogen) atoms. The molecule has 5 rings (SSSR count). The number of allylic oxidation sites excluding steroid dienone is 3. The van der Waals surface area contributed by atoms with Gasteiger partial charge in [-0.05, 0) is 108 Å². The number of methoxy groups -OCH3 is 2. The number of rotatable bonds is 26. The van der Waals surface area contributed by atoms with E-state index in [9.17, 15) is 48.3 Å². The molecular weight excluding hydrogens is 1310 g/mol. The van der Waals surface area contributed by atoms with E-state index in [-0.39, 0.29) is 65.8 Å². The number of aliphatic hydroxyl groups is 1. The molecule has 8 N–H and O–H groups in total. The fourth-order valence-corrected chi connectivity index (χ4v) is 12.5. The minimum Gasteiger partial charge on any atom is -0.495 e. The molecule has 492 valence electrons. The first kappa shape index (κ1) is 73.5. The lowest BCUT2D eigenvalue weighted by molar-refractivity contribution is -0.158. The molecule has 3 aliphatic heterocycles. The highest BCUT2D eigenvalue weighted by molar-refractivity contribution is 9.09. The molecule has 4 bridgehead atoms. The molecule has 24 nitrogen and oxygen atoms in total. The number of nitrogens with zero attached hydrogens (tertiary/aromatic N) is 2. The average molecular weight is 1400 g/mol. The predicted molar refractivity (Wildman–Crippen MR) is 336 cm³/mol. The van der Waals surface area contributed by atoms with E-state index in [4.69, 9.17) is 45.8 Å². The van der Waals surface area contributed by atoms with Crippen molar-refractivity contribution in [2.24, 2.45) is 23.5 Å². The van der Waals surface area contributed by atoms with Crippen molar-refractivity contribution in [2.45, 2.75) is 166 Å². The summed E-state index contributed by atoms with van der Waals surface area (Å²) in [5.74, 6) is -6.59. The summed E-state index contributed by atoms with van der Waals surface area (Å²) in [4.78, 5) is 122. The number of epoxide rings is 1. The second-order valence-corrected chi connectivity index (χ2v) is 25.0. The summed E-state index contributed by atoms with van der Waals surface area (Å²) < 4.78 is 51.2. The van der Waals surface area contributed by atoms with E-state index >= 15 is 4.39 Å². The minimum absolute atomic E-state index is 0.0314. The van der Waals surface area contributed by atoms with Crippen LogP contribution in [0.1, 0.15) is 109 Å². The van der Waals surface area contributed by atoms with Gasteiger partial charge in [-0.3, -0.25) is 34.6 Å². The second-order valence-electron chi connectivity index (χ2n) is 23.3. The Morgan fingerprint density at radius 3 is 2.34 bits per heavy atom. The van der Waals surface area contributed by atoms with Gasteiger partial charge in [-0.2, -0.15) is 0 Å². The largest absolute Gasteiger partial charge is 0.495 e. The fourth-order valence-electron chi connectivity index (χ4n) is 10.5.